The van der Waals surface area contributed by atoms with E-state index in [1.54, 1.807) is 0 Å². The highest BCUT2D eigenvalue weighted by molar-refractivity contribution is 6.02. The first-order valence-corrected chi connectivity index (χ1v) is 11.6. The standard InChI is InChI=1S/C26H30N4O2/c1-3-4-15-27-23(31)14-17-29-22-12-8-5-9-18(22)19-13-16-30-25(24(19)29)28(2)21-11-7-6-10-20(21)26(30)32/h5-12,25H,3-4,13-17H2,1-2H3,(H,27,31). The monoisotopic (exact) mass is 430 g/mol. The van der Waals surface area contributed by atoms with Crippen molar-refractivity contribution < 1.29 is 9.59 Å². The first-order valence-electron chi connectivity index (χ1n) is 11.6. The summed E-state index contributed by atoms with van der Waals surface area (Å²) >= 11 is 0. The van der Waals surface area contributed by atoms with Crippen molar-refractivity contribution in [3.8, 4) is 0 Å². The molecular weight excluding hydrogens is 400 g/mol. The highest BCUT2D eigenvalue weighted by Crippen LogP contribution is 2.44. The highest BCUT2D eigenvalue weighted by Gasteiger charge is 2.42. The summed E-state index contributed by atoms with van der Waals surface area (Å²) in [5.74, 6) is 0.166. The van der Waals surface area contributed by atoms with Crippen molar-refractivity contribution >= 4 is 28.4 Å². The fraction of sp³-hybridized carbons (Fsp3) is 0.385. The fourth-order valence-corrected chi connectivity index (χ4v) is 5.26. The van der Waals surface area contributed by atoms with Gasteiger partial charge in [-0.1, -0.05) is 43.7 Å². The number of aromatic nitrogens is 1. The van der Waals surface area contributed by atoms with Crippen LogP contribution in [0.2, 0.25) is 0 Å². The van der Waals surface area contributed by atoms with Gasteiger partial charge in [-0.25, -0.2) is 0 Å². The molecular formula is C26H30N4O2. The van der Waals surface area contributed by atoms with Gasteiger partial charge in [0.15, 0.2) is 0 Å². The first-order chi connectivity index (χ1) is 15.6. The van der Waals surface area contributed by atoms with Crippen LogP contribution < -0.4 is 10.2 Å². The molecule has 5 rings (SSSR count). The molecule has 6 heteroatoms. The van der Waals surface area contributed by atoms with E-state index in [0.717, 1.165) is 48.3 Å². The number of fused-ring (bicyclic) bond motifs is 6. The summed E-state index contributed by atoms with van der Waals surface area (Å²) in [5.41, 5.74) is 5.30. The molecule has 32 heavy (non-hydrogen) atoms. The van der Waals surface area contributed by atoms with Crippen LogP contribution >= 0.6 is 0 Å². The Labute approximate surface area is 188 Å². The molecule has 2 aliphatic rings. The molecule has 3 heterocycles. The summed E-state index contributed by atoms with van der Waals surface area (Å²) in [5, 5.41) is 4.26. The van der Waals surface area contributed by atoms with Crippen LogP contribution in [0.25, 0.3) is 10.9 Å². The average molecular weight is 431 g/mol. The Morgan fingerprint density at radius 2 is 1.91 bits per heavy atom. The number of carbonyl (C=O) groups is 2. The third-order valence-electron chi connectivity index (χ3n) is 6.82. The molecule has 0 bridgehead atoms. The number of benzene rings is 2. The van der Waals surface area contributed by atoms with Crippen molar-refractivity contribution in [2.24, 2.45) is 0 Å². The molecule has 2 aliphatic heterocycles. The van der Waals surface area contributed by atoms with Crippen LogP contribution in [-0.4, -0.2) is 41.4 Å². The topological polar surface area (TPSA) is 57.6 Å². The molecule has 3 aromatic rings. The zero-order valence-electron chi connectivity index (χ0n) is 18.8. The molecule has 0 radical (unpaired) electrons. The normalized spacial score (nSPS) is 17.2. The average Bonchev–Trinajstić information content (AvgIpc) is 3.14. The Kier molecular flexibility index (Phi) is 5.37. The summed E-state index contributed by atoms with van der Waals surface area (Å²) in [7, 11) is 2.07. The molecule has 6 nitrogen and oxygen atoms in total. The van der Waals surface area contributed by atoms with Gasteiger partial charge in [0, 0.05) is 44.0 Å². The van der Waals surface area contributed by atoms with Crippen molar-refractivity contribution in [3.05, 3.63) is 65.4 Å². The number of hydrogen-bond acceptors (Lipinski definition) is 3. The van der Waals surface area contributed by atoms with Crippen molar-refractivity contribution in [2.45, 2.75) is 45.3 Å². The number of hydrogen-bond donors (Lipinski definition) is 1. The third kappa shape index (κ3) is 3.25. The summed E-state index contributed by atoms with van der Waals surface area (Å²) in [6.07, 6.45) is 3.14. The fourth-order valence-electron chi connectivity index (χ4n) is 5.26. The van der Waals surface area contributed by atoms with Gasteiger partial charge in [-0.15, -0.1) is 0 Å². The van der Waals surface area contributed by atoms with Crippen LogP contribution in [0.3, 0.4) is 0 Å². The SMILES string of the molecule is CCCCNC(=O)CCn1c2c(c3ccccc31)CCN1C(=O)c3ccccc3N(C)C21. The Morgan fingerprint density at radius 1 is 1.12 bits per heavy atom. The van der Waals surface area contributed by atoms with Crippen molar-refractivity contribution in [1.82, 2.24) is 14.8 Å². The molecule has 1 N–H and O–H groups in total. The van der Waals surface area contributed by atoms with E-state index < -0.39 is 0 Å². The number of unbranched alkanes of at least 4 members (excludes halogenated alkanes) is 1. The van der Waals surface area contributed by atoms with Gasteiger partial charge in [-0.3, -0.25) is 9.59 Å². The lowest BCUT2D eigenvalue weighted by molar-refractivity contribution is -0.121. The van der Waals surface area contributed by atoms with Gasteiger partial charge in [0.25, 0.3) is 5.91 Å². The van der Waals surface area contributed by atoms with Gasteiger partial charge >= 0.3 is 0 Å². The second-order valence-electron chi connectivity index (χ2n) is 8.74. The van der Waals surface area contributed by atoms with E-state index in [2.05, 4.69) is 53.0 Å². The quantitative estimate of drug-likeness (QED) is 0.599. The molecule has 2 aromatic carbocycles. The number of rotatable bonds is 6. The summed E-state index contributed by atoms with van der Waals surface area (Å²) in [4.78, 5) is 30.1. The minimum absolute atomic E-state index is 0.0797. The molecule has 0 aliphatic carbocycles. The number of nitrogens with one attached hydrogen (secondary N) is 1. The first kappa shape index (κ1) is 20.6. The number of nitrogens with zero attached hydrogens (tertiary/aromatic N) is 3. The van der Waals surface area contributed by atoms with Crippen molar-refractivity contribution in [2.75, 3.05) is 25.0 Å². The molecule has 1 aromatic heterocycles. The van der Waals surface area contributed by atoms with Crippen LogP contribution in [-0.2, 0) is 17.8 Å². The number of amides is 2. The number of para-hydroxylation sites is 2. The minimum atomic E-state index is -0.170. The third-order valence-corrected chi connectivity index (χ3v) is 6.82. The maximum atomic E-state index is 13.4. The van der Waals surface area contributed by atoms with Crippen LogP contribution in [0.15, 0.2) is 48.5 Å². The zero-order valence-corrected chi connectivity index (χ0v) is 18.8. The minimum Gasteiger partial charge on any atom is -0.356 e. The van der Waals surface area contributed by atoms with E-state index >= 15 is 0 Å². The predicted molar refractivity (Wildman–Crippen MR) is 127 cm³/mol. The van der Waals surface area contributed by atoms with Crippen LogP contribution in [0.5, 0.6) is 0 Å². The molecule has 0 saturated carbocycles. The maximum absolute atomic E-state index is 13.4. The van der Waals surface area contributed by atoms with E-state index in [9.17, 15) is 9.59 Å². The second-order valence-corrected chi connectivity index (χ2v) is 8.74. The lowest BCUT2D eigenvalue weighted by Crippen LogP contribution is -2.51. The van der Waals surface area contributed by atoms with Crippen LogP contribution in [0.4, 0.5) is 5.69 Å². The smallest absolute Gasteiger partial charge is 0.257 e. The predicted octanol–water partition coefficient (Wildman–Crippen LogP) is 4.09. The Bertz CT molecular complexity index is 1180. The maximum Gasteiger partial charge on any atom is 0.257 e. The molecule has 0 spiro atoms. The van der Waals surface area contributed by atoms with Gasteiger partial charge in [0.05, 0.1) is 16.9 Å². The largest absolute Gasteiger partial charge is 0.356 e. The summed E-state index contributed by atoms with van der Waals surface area (Å²) in [6.45, 7) is 4.14. The van der Waals surface area contributed by atoms with E-state index in [1.807, 2.05) is 29.2 Å². The number of carbonyl (C=O) groups excluding carboxylic acids is 2. The summed E-state index contributed by atoms with van der Waals surface area (Å²) < 4.78 is 2.28. The van der Waals surface area contributed by atoms with Gasteiger partial charge in [-0.05, 0) is 36.6 Å². The Hall–Kier alpha value is -3.28. The van der Waals surface area contributed by atoms with E-state index in [0.29, 0.717) is 19.5 Å². The molecule has 1 unspecified atom stereocenters. The molecule has 166 valence electrons. The molecule has 1 atom stereocenters. The lowest BCUT2D eigenvalue weighted by Gasteiger charge is -2.46. The highest BCUT2D eigenvalue weighted by atomic mass is 16.2. The van der Waals surface area contributed by atoms with Crippen LogP contribution in [0.1, 0.15) is 54.0 Å². The Morgan fingerprint density at radius 3 is 2.75 bits per heavy atom. The van der Waals surface area contributed by atoms with Gasteiger partial charge in [0.1, 0.15) is 6.17 Å². The van der Waals surface area contributed by atoms with Crippen LogP contribution in [0, 0.1) is 0 Å². The van der Waals surface area contributed by atoms with Gasteiger partial charge in [0.2, 0.25) is 5.91 Å². The molecule has 0 saturated heterocycles. The Balaban J connectivity index is 1.56. The molecule has 0 fully saturated rings. The van der Waals surface area contributed by atoms with Gasteiger partial charge in [-0.2, -0.15) is 0 Å². The number of anilines is 1. The molecule has 2 amide bonds. The summed E-state index contributed by atoms with van der Waals surface area (Å²) in [6, 6.07) is 16.3. The van der Waals surface area contributed by atoms with E-state index in [1.165, 1.54) is 10.9 Å². The van der Waals surface area contributed by atoms with Gasteiger partial charge < -0.3 is 19.7 Å². The number of aryl methyl sites for hydroxylation is 1. The lowest BCUT2D eigenvalue weighted by atomic mass is 9.96. The van der Waals surface area contributed by atoms with E-state index in [4.69, 9.17) is 0 Å². The van der Waals surface area contributed by atoms with Crippen molar-refractivity contribution in [1.29, 1.82) is 0 Å². The van der Waals surface area contributed by atoms with E-state index in [-0.39, 0.29) is 18.0 Å². The zero-order chi connectivity index (χ0) is 22.2. The second kappa shape index (κ2) is 8.34. The van der Waals surface area contributed by atoms with Crippen molar-refractivity contribution in [3.63, 3.8) is 0 Å².